The number of carbonyl (C=O) groups is 2. The third-order valence-electron chi connectivity index (χ3n) is 2.89. The average molecular weight is 345 g/mol. The van der Waals surface area contributed by atoms with Crippen LogP contribution in [-0.4, -0.2) is 11.8 Å². The Morgan fingerprint density at radius 2 is 1.48 bits per heavy atom. The Labute approximate surface area is 131 Å². The lowest BCUT2D eigenvalue weighted by Gasteiger charge is -2.21. The molecule has 0 aliphatic carbocycles. The number of rotatable bonds is 4. The number of primary amides is 1. The largest absolute Gasteiger partial charge is 0.366 e. The smallest absolute Gasteiger partial charge is 0.254 e. The van der Waals surface area contributed by atoms with Gasteiger partial charge in [-0.25, -0.2) is 0 Å². The quantitative estimate of drug-likeness (QED) is 0.864. The summed E-state index contributed by atoms with van der Waals surface area (Å²) in [5.74, 6) is -0.768. The van der Waals surface area contributed by atoms with Gasteiger partial charge in [0.2, 0.25) is 5.91 Å². The van der Waals surface area contributed by atoms with Crippen LogP contribution < -0.4 is 10.6 Å². The number of halogens is 1. The van der Waals surface area contributed by atoms with Gasteiger partial charge >= 0.3 is 0 Å². The zero-order valence-electron chi connectivity index (χ0n) is 11.1. The molecule has 0 aromatic heterocycles. The monoisotopic (exact) mass is 344 g/mol. The van der Waals surface area contributed by atoms with E-state index in [2.05, 4.69) is 22.5 Å². The van der Waals surface area contributed by atoms with E-state index in [0.29, 0.717) is 16.9 Å². The van der Waals surface area contributed by atoms with Crippen molar-refractivity contribution in [1.82, 2.24) is 0 Å². The van der Waals surface area contributed by atoms with Gasteiger partial charge in [-0.15, -0.1) is 0 Å². The molecule has 0 heterocycles. The van der Waals surface area contributed by atoms with Gasteiger partial charge < -0.3 is 5.73 Å². The number of hydrogen-bond donors (Lipinski definition) is 1. The van der Waals surface area contributed by atoms with Crippen LogP contribution in [0.1, 0.15) is 10.4 Å². The first kappa shape index (κ1) is 15.0. The molecule has 0 spiro atoms. The van der Waals surface area contributed by atoms with Crippen LogP contribution in [0.15, 0.2) is 65.7 Å². The molecule has 21 heavy (non-hydrogen) atoms. The molecular weight excluding hydrogens is 332 g/mol. The van der Waals surface area contributed by atoms with Crippen molar-refractivity contribution in [2.75, 3.05) is 4.90 Å². The summed E-state index contributed by atoms with van der Waals surface area (Å²) in [6.07, 6.45) is 1.24. The molecule has 0 aliphatic heterocycles. The highest BCUT2D eigenvalue weighted by Gasteiger charge is 2.15. The maximum Gasteiger partial charge on any atom is 0.254 e. The minimum atomic E-state index is -0.508. The van der Waals surface area contributed by atoms with Gasteiger partial charge in [0.25, 0.3) is 5.91 Å². The zero-order valence-corrected chi connectivity index (χ0v) is 12.7. The molecule has 0 atom stereocenters. The van der Waals surface area contributed by atoms with Crippen LogP contribution in [-0.2, 0) is 4.79 Å². The van der Waals surface area contributed by atoms with Crippen LogP contribution in [0.25, 0.3) is 0 Å². The summed E-state index contributed by atoms with van der Waals surface area (Å²) < 4.78 is 0.918. The van der Waals surface area contributed by atoms with Crippen molar-refractivity contribution in [2.45, 2.75) is 0 Å². The number of anilines is 2. The van der Waals surface area contributed by atoms with Crippen LogP contribution >= 0.6 is 15.9 Å². The van der Waals surface area contributed by atoms with Crippen LogP contribution in [0, 0.1) is 0 Å². The molecule has 0 bridgehead atoms. The van der Waals surface area contributed by atoms with Gasteiger partial charge in [-0.3, -0.25) is 14.5 Å². The molecule has 0 saturated heterocycles. The number of amides is 2. The molecule has 0 fully saturated rings. The predicted molar refractivity (Wildman–Crippen MR) is 86.4 cm³/mol. The van der Waals surface area contributed by atoms with Crippen molar-refractivity contribution in [3.63, 3.8) is 0 Å². The zero-order chi connectivity index (χ0) is 15.4. The fraction of sp³-hybridized carbons (Fsp3) is 0. The van der Waals surface area contributed by atoms with E-state index in [1.54, 1.807) is 24.3 Å². The topological polar surface area (TPSA) is 63.4 Å². The fourth-order valence-corrected chi connectivity index (χ4v) is 2.12. The first-order chi connectivity index (χ1) is 10.0. The average Bonchev–Trinajstić information content (AvgIpc) is 2.49. The first-order valence-electron chi connectivity index (χ1n) is 6.15. The minimum Gasteiger partial charge on any atom is -0.366 e. The molecule has 2 amide bonds. The number of hydrogen-bond acceptors (Lipinski definition) is 2. The lowest BCUT2D eigenvalue weighted by Crippen LogP contribution is -2.23. The molecule has 2 aromatic rings. The molecule has 0 unspecified atom stereocenters. The summed E-state index contributed by atoms with van der Waals surface area (Å²) in [5.41, 5.74) is 6.94. The van der Waals surface area contributed by atoms with E-state index in [-0.39, 0.29) is 5.91 Å². The molecular formula is C16H13BrN2O2. The molecule has 2 rings (SSSR count). The molecule has 0 aliphatic rings. The molecule has 5 heteroatoms. The van der Waals surface area contributed by atoms with Crippen molar-refractivity contribution in [1.29, 1.82) is 0 Å². The highest BCUT2D eigenvalue weighted by molar-refractivity contribution is 9.10. The van der Waals surface area contributed by atoms with Crippen molar-refractivity contribution >= 4 is 39.1 Å². The molecule has 4 nitrogen and oxygen atoms in total. The second-order valence-corrected chi connectivity index (χ2v) is 5.18. The summed E-state index contributed by atoms with van der Waals surface area (Å²) in [6, 6.07) is 13.8. The molecule has 0 saturated carbocycles. The molecule has 0 radical (unpaired) electrons. The summed E-state index contributed by atoms with van der Waals surface area (Å²) in [4.78, 5) is 24.7. The number of benzene rings is 2. The van der Waals surface area contributed by atoms with Gasteiger partial charge in [0.15, 0.2) is 0 Å². The lowest BCUT2D eigenvalue weighted by atomic mass is 10.1. The van der Waals surface area contributed by atoms with E-state index in [1.165, 1.54) is 11.0 Å². The van der Waals surface area contributed by atoms with E-state index in [9.17, 15) is 9.59 Å². The second kappa shape index (κ2) is 6.37. The highest BCUT2D eigenvalue weighted by atomic mass is 79.9. The van der Waals surface area contributed by atoms with Gasteiger partial charge in [0.05, 0.1) is 0 Å². The van der Waals surface area contributed by atoms with E-state index in [1.807, 2.05) is 24.3 Å². The van der Waals surface area contributed by atoms with Crippen molar-refractivity contribution in [2.24, 2.45) is 5.73 Å². The first-order valence-corrected chi connectivity index (χ1v) is 6.94. The predicted octanol–water partition coefficient (Wildman–Crippen LogP) is 3.40. The van der Waals surface area contributed by atoms with Gasteiger partial charge in [-0.2, -0.15) is 0 Å². The number of carbonyl (C=O) groups excluding carboxylic acids is 2. The number of nitrogens with two attached hydrogens (primary N) is 1. The Hall–Kier alpha value is -2.40. The Kier molecular flexibility index (Phi) is 4.55. The van der Waals surface area contributed by atoms with Gasteiger partial charge in [-0.1, -0.05) is 22.5 Å². The lowest BCUT2D eigenvalue weighted by molar-refractivity contribution is -0.113. The third-order valence-corrected chi connectivity index (χ3v) is 3.42. The maximum absolute atomic E-state index is 12.1. The van der Waals surface area contributed by atoms with Crippen LogP contribution in [0.3, 0.4) is 0 Å². The standard InChI is InChI=1S/C16H13BrN2O2/c1-2-15(20)19(14-9-5-12(17)6-10-14)13-7-3-11(4-8-13)16(18)21/h2-10H,1H2,(H2,18,21). The van der Waals surface area contributed by atoms with Crippen molar-refractivity contribution in [3.8, 4) is 0 Å². The summed E-state index contributed by atoms with van der Waals surface area (Å²) in [7, 11) is 0. The SMILES string of the molecule is C=CC(=O)N(c1ccc(Br)cc1)c1ccc(C(N)=O)cc1. The van der Waals surface area contributed by atoms with Crippen molar-refractivity contribution in [3.05, 3.63) is 71.2 Å². The van der Waals surface area contributed by atoms with E-state index >= 15 is 0 Å². The van der Waals surface area contributed by atoms with E-state index in [0.717, 1.165) is 4.47 Å². The Balaban J connectivity index is 2.45. The second-order valence-electron chi connectivity index (χ2n) is 4.27. The number of nitrogens with zero attached hydrogens (tertiary/aromatic N) is 1. The van der Waals surface area contributed by atoms with Crippen LogP contribution in [0.2, 0.25) is 0 Å². The third kappa shape index (κ3) is 3.38. The van der Waals surface area contributed by atoms with Crippen LogP contribution in [0.5, 0.6) is 0 Å². The summed E-state index contributed by atoms with van der Waals surface area (Å²) >= 11 is 3.36. The van der Waals surface area contributed by atoms with Crippen LogP contribution in [0.4, 0.5) is 11.4 Å². The minimum absolute atomic E-state index is 0.260. The molecule has 2 aromatic carbocycles. The fourth-order valence-electron chi connectivity index (χ4n) is 1.86. The Morgan fingerprint density at radius 1 is 1.00 bits per heavy atom. The van der Waals surface area contributed by atoms with Gasteiger partial charge in [0, 0.05) is 21.4 Å². The van der Waals surface area contributed by atoms with E-state index in [4.69, 9.17) is 5.73 Å². The van der Waals surface area contributed by atoms with E-state index < -0.39 is 5.91 Å². The Bertz CT molecular complexity index is 678. The molecule has 106 valence electrons. The normalized spacial score (nSPS) is 9.95. The Morgan fingerprint density at radius 3 is 1.90 bits per heavy atom. The maximum atomic E-state index is 12.1. The molecule has 2 N–H and O–H groups in total. The summed E-state index contributed by atoms with van der Waals surface area (Å²) in [5, 5.41) is 0. The van der Waals surface area contributed by atoms with Gasteiger partial charge in [0.1, 0.15) is 0 Å². The van der Waals surface area contributed by atoms with Gasteiger partial charge in [-0.05, 0) is 54.6 Å². The summed E-state index contributed by atoms with van der Waals surface area (Å²) in [6.45, 7) is 3.52. The van der Waals surface area contributed by atoms with Crippen molar-refractivity contribution < 1.29 is 9.59 Å². The highest BCUT2D eigenvalue weighted by Crippen LogP contribution is 2.27.